The van der Waals surface area contributed by atoms with Gasteiger partial charge in [0.2, 0.25) is 0 Å². The molecular formula is C15H27N3O2S. The van der Waals surface area contributed by atoms with Crippen molar-refractivity contribution in [3.05, 3.63) is 5.56 Å². The molecular weight excluding hydrogens is 286 g/mol. The molecule has 0 fully saturated rings. The molecule has 0 unspecified atom stereocenters. The van der Waals surface area contributed by atoms with Gasteiger partial charge in [-0.1, -0.05) is 39.5 Å². The highest BCUT2D eigenvalue weighted by atomic mass is 32.1. The second-order valence-electron chi connectivity index (χ2n) is 5.52. The van der Waals surface area contributed by atoms with E-state index in [1.54, 1.807) is 6.92 Å². The Morgan fingerprint density at radius 1 is 1.33 bits per heavy atom. The van der Waals surface area contributed by atoms with E-state index in [1.807, 2.05) is 0 Å². The van der Waals surface area contributed by atoms with Crippen LogP contribution in [0.4, 0.5) is 10.8 Å². The summed E-state index contributed by atoms with van der Waals surface area (Å²) in [5.74, 6) is 0.636. The molecule has 0 bridgehead atoms. The molecule has 0 aliphatic heterocycles. The molecule has 0 amide bonds. The van der Waals surface area contributed by atoms with Crippen LogP contribution in [0.25, 0.3) is 0 Å². The second-order valence-corrected chi connectivity index (χ2v) is 6.29. The van der Waals surface area contributed by atoms with Gasteiger partial charge in [-0.3, -0.25) is 0 Å². The van der Waals surface area contributed by atoms with Gasteiger partial charge >= 0.3 is 5.97 Å². The van der Waals surface area contributed by atoms with Crippen molar-refractivity contribution in [2.24, 2.45) is 5.92 Å². The van der Waals surface area contributed by atoms with E-state index in [9.17, 15) is 4.79 Å². The molecule has 21 heavy (non-hydrogen) atoms. The van der Waals surface area contributed by atoms with Crippen molar-refractivity contribution in [1.29, 1.82) is 0 Å². The number of hydrogen-bond acceptors (Lipinski definition) is 6. The van der Waals surface area contributed by atoms with Crippen LogP contribution < -0.4 is 11.1 Å². The minimum Gasteiger partial charge on any atom is -0.462 e. The summed E-state index contributed by atoms with van der Waals surface area (Å²) in [7, 11) is 0. The number of nitrogen functional groups attached to an aromatic ring is 1. The van der Waals surface area contributed by atoms with E-state index in [0.717, 1.165) is 18.9 Å². The molecule has 1 rings (SSSR count). The van der Waals surface area contributed by atoms with Gasteiger partial charge in [-0.15, -0.1) is 0 Å². The topological polar surface area (TPSA) is 77.2 Å². The minimum absolute atomic E-state index is 0.248. The number of aromatic nitrogens is 1. The molecule has 1 aromatic heterocycles. The first-order chi connectivity index (χ1) is 10.1. The number of carbonyl (C=O) groups is 1. The number of carbonyl (C=O) groups excluding carboxylic acids is 1. The first-order valence-electron chi connectivity index (χ1n) is 7.72. The summed E-state index contributed by atoms with van der Waals surface area (Å²) in [6.45, 7) is 7.45. The van der Waals surface area contributed by atoms with Crippen LogP contribution in [-0.4, -0.2) is 23.5 Å². The summed E-state index contributed by atoms with van der Waals surface area (Å²) in [4.78, 5) is 11.8. The number of rotatable bonds is 10. The van der Waals surface area contributed by atoms with E-state index < -0.39 is 5.97 Å². The number of nitrogens with one attached hydrogen (secondary N) is 1. The summed E-state index contributed by atoms with van der Waals surface area (Å²) in [6.07, 6.45) is 6.13. The van der Waals surface area contributed by atoms with E-state index in [2.05, 4.69) is 23.5 Å². The highest BCUT2D eigenvalue weighted by molar-refractivity contribution is 7.11. The molecule has 3 N–H and O–H groups in total. The summed E-state index contributed by atoms with van der Waals surface area (Å²) in [6, 6.07) is 0. The lowest BCUT2D eigenvalue weighted by Gasteiger charge is -2.07. The fourth-order valence-electron chi connectivity index (χ4n) is 2.06. The standard InChI is InChI=1S/C15H27N3O2S/c1-4-20-15(19)12-13(16)18-21-14(12)17-10-8-6-5-7-9-11(2)3/h11,17H,4-10H2,1-3H3,(H2,16,18). The highest BCUT2D eigenvalue weighted by Crippen LogP contribution is 2.27. The van der Waals surface area contributed by atoms with Crippen molar-refractivity contribution >= 4 is 28.3 Å². The molecule has 0 radical (unpaired) electrons. The lowest BCUT2D eigenvalue weighted by Crippen LogP contribution is -2.10. The average Bonchev–Trinajstić information content (AvgIpc) is 2.79. The Kier molecular flexibility index (Phi) is 8.12. The maximum atomic E-state index is 11.8. The van der Waals surface area contributed by atoms with Crippen molar-refractivity contribution in [3.63, 3.8) is 0 Å². The number of ether oxygens (including phenoxy) is 1. The van der Waals surface area contributed by atoms with Crippen molar-refractivity contribution in [1.82, 2.24) is 4.37 Å². The van der Waals surface area contributed by atoms with Crippen LogP contribution >= 0.6 is 11.5 Å². The summed E-state index contributed by atoms with van der Waals surface area (Å²) in [5.41, 5.74) is 6.11. The quantitative estimate of drug-likeness (QED) is 0.505. The van der Waals surface area contributed by atoms with E-state index in [4.69, 9.17) is 10.5 Å². The van der Waals surface area contributed by atoms with E-state index in [0.29, 0.717) is 17.2 Å². The highest BCUT2D eigenvalue weighted by Gasteiger charge is 2.19. The van der Waals surface area contributed by atoms with Gasteiger partial charge in [0.05, 0.1) is 6.61 Å². The molecule has 120 valence electrons. The number of unbranched alkanes of at least 4 members (excludes halogenated alkanes) is 3. The number of hydrogen-bond donors (Lipinski definition) is 2. The zero-order chi connectivity index (χ0) is 15.7. The van der Waals surface area contributed by atoms with Gasteiger partial charge in [-0.2, -0.15) is 4.37 Å². The lowest BCUT2D eigenvalue weighted by molar-refractivity contribution is 0.0529. The van der Waals surface area contributed by atoms with Gasteiger partial charge in [0.15, 0.2) is 5.82 Å². The second kappa shape index (κ2) is 9.60. The van der Waals surface area contributed by atoms with Gasteiger partial charge in [-0.05, 0) is 30.8 Å². The van der Waals surface area contributed by atoms with Crippen LogP contribution in [0.2, 0.25) is 0 Å². The van der Waals surface area contributed by atoms with Crippen LogP contribution in [0.15, 0.2) is 0 Å². The number of esters is 1. The molecule has 1 heterocycles. The van der Waals surface area contributed by atoms with Crippen molar-refractivity contribution < 1.29 is 9.53 Å². The maximum absolute atomic E-state index is 11.8. The van der Waals surface area contributed by atoms with Crippen molar-refractivity contribution in [3.8, 4) is 0 Å². The third-order valence-electron chi connectivity index (χ3n) is 3.19. The monoisotopic (exact) mass is 313 g/mol. The molecule has 0 aromatic carbocycles. The predicted octanol–water partition coefficient (Wildman–Crippen LogP) is 3.92. The van der Waals surface area contributed by atoms with Crippen LogP contribution in [0.5, 0.6) is 0 Å². The van der Waals surface area contributed by atoms with Crippen LogP contribution in [0.1, 0.15) is 63.2 Å². The van der Waals surface area contributed by atoms with E-state index in [-0.39, 0.29) is 5.82 Å². The first-order valence-corrected chi connectivity index (χ1v) is 8.49. The van der Waals surface area contributed by atoms with Gasteiger partial charge < -0.3 is 15.8 Å². The Labute approximate surface area is 131 Å². The van der Waals surface area contributed by atoms with E-state index >= 15 is 0 Å². The normalized spacial score (nSPS) is 10.9. The molecule has 0 saturated carbocycles. The molecule has 1 aromatic rings. The lowest BCUT2D eigenvalue weighted by atomic mass is 10.0. The van der Waals surface area contributed by atoms with Gasteiger partial charge in [-0.25, -0.2) is 4.79 Å². The largest absolute Gasteiger partial charge is 0.462 e. The van der Waals surface area contributed by atoms with E-state index in [1.165, 1.54) is 37.2 Å². The molecule has 0 aliphatic carbocycles. The number of nitrogens with zero attached hydrogens (tertiary/aromatic N) is 1. The molecule has 5 nitrogen and oxygen atoms in total. The Morgan fingerprint density at radius 3 is 2.71 bits per heavy atom. The molecule has 0 saturated heterocycles. The van der Waals surface area contributed by atoms with Gasteiger partial charge in [0.25, 0.3) is 0 Å². The van der Waals surface area contributed by atoms with Crippen LogP contribution in [0.3, 0.4) is 0 Å². The fraction of sp³-hybridized carbons (Fsp3) is 0.733. The fourth-order valence-corrected chi connectivity index (χ4v) is 2.78. The van der Waals surface area contributed by atoms with Crippen LogP contribution in [-0.2, 0) is 4.74 Å². The zero-order valence-corrected chi connectivity index (χ0v) is 14.1. The predicted molar refractivity (Wildman–Crippen MR) is 88.9 cm³/mol. The van der Waals surface area contributed by atoms with Gasteiger partial charge in [0.1, 0.15) is 10.6 Å². The first kappa shape index (κ1) is 17.8. The summed E-state index contributed by atoms with van der Waals surface area (Å²) >= 11 is 1.22. The Hall–Kier alpha value is -1.30. The van der Waals surface area contributed by atoms with Crippen molar-refractivity contribution in [2.45, 2.75) is 52.9 Å². The molecule has 0 spiro atoms. The molecule has 6 heteroatoms. The number of anilines is 2. The van der Waals surface area contributed by atoms with Crippen LogP contribution in [0, 0.1) is 5.92 Å². The summed E-state index contributed by atoms with van der Waals surface area (Å²) < 4.78 is 9.02. The third-order valence-corrected chi connectivity index (χ3v) is 4.01. The zero-order valence-electron chi connectivity index (χ0n) is 13.3. The average molecular weight is 313 g/mol. The SMILES string of the molecule is CCOC(=O)c1c(N)nsc1NCCCCCCC(C)C. The van der Waals surface area contributed by atoms with Gasteiger partial charge in [0, 0.05) is 6.54 Å². The Bertz CT molecular complexity index is 433. The molecule has 0 aliphatic rings. The maximum Gasteiger partial charge on any atom is 0.344 e. The molecule has 0 atom stereocenters. The Morgan fingerprint density at radius 2 is 2.05 bits per heavy atom. The Balaban J connectivity index is 2.31. The van der Waals surface area contributed by atoms with Crippen molar-refractivity contribution in [2.75, 3.05) is 24.2 Å². The number of nitrogens with two attached hydrogens (primary N) is 1. The minimum atomic E-state index is -0.400. The summed E-state index contributed by atoms with van der Waals surface area (Å²) in [5, 5.41) is 3.96. The third kappa shape index (κ3) is 6.33. The smallest absolute Gasteiger partial charge is 0.344 e.